The van der Waals surface area contributed by atoms with Crippen LogP contribution in [0.15, 0.2) is 30.3 Å². The van der Waals surface area contributed by atoms with Crippen LogP contribution in [0, 0.1) is 0 Å². The number of rotatable bonds is 8. The van der Waals surface area contributed by atoms with Gasteiger partial charge in [-0.3, -0.25) is 0 Å². The summed E-state index contributed by atoms with van der Waals surface area (Å²) < 4.78 is 5.01. The summed E-state index contributed by atoms with van der Waals surface area (Å²) in [5, 5.41) is 15.5. The van der Waals surface area contributed by atoms with Crippen LogP contribution in [0.3, 0.4) is 0 Å². The molecular weight excluding hydrogens is 256 g/mol. The number of benzene rings is 1. The number of aliphatic hydroxyl groups is 1. The number of carbonyl (C=O) groups is 1. The van der Waals surface area contributed by atoms with E-state index in [4.69, 9.17) is 4.74 Å². The van der Waals surface area contributed by atoms with E-state index in [1.807, 2.05) is 37.3 Å². The van der Waals surface area contributed by atoms with Crippen LogP contribution < -0.4 is 10.6 Å². The van der Waals surface area contributed by atoms with Gasteiger partial charge in [-0.05, 0) is 18.4 Å². The molecule has 0 radical (unpaired) electrons. The van der Waals surface area contributed by atoms with E-state index in [1.165, 1.54) is 0 Å². The smallest absolute Gasteiger partial charge is 0.315 e. The highest BCUT2D eigenvalue weighted by atomic mass is 16.5. The predicted molar refractivity (Wildman–Crippen MR) is 78.5 cm³/mol. The lowest BCUT2D eigenvalue weighted by Crippen LogP contribution is -2.44. The van der Waals surface area contributed by atoms with Gasteiger partial charge in [-0.25, -0.2) is 4.79 Å². The van der Waals surface area contributed by atoms with Gasteiger partial charge >= 0.3 is 6.03 Å². The normalized spacial score (nSPS) is 13.6. The van der Waals surface area contributed by atoms with Crippen LogP contribution in [0.4, 0.5) is 4.79 Å². The minimum absolute atomic E-state index is 0.0130. The molecule has 1 aromatic carbocycles. The molecule has 2 atom stereocenters. The Hall–Kier alpha value is -1.59. The van der Waals surface area contributed by atoms with E-state index in [1.54, 1.807) is 7.11 Å². The Labute approximate surface area is 120 Å². The fraction of sp³-hybridized carbons (Fsp3) is 0.533. The van der Waals surface area contributed by atoms with E-state index in [2.05, 4.69) is 10.6 Å². The van der Waals surface area contributed by atoms with Crippen LogP contribution in [0.5, 0.6) is 0 Å². The second-order valence-electron chi connectivity index (χ2n) is 4.68. The fourth-order valence-electron chi connectivity index (χ4n) is 1.86. The summed E-state index contributed by atoms with van der Waals surface area (Å²) >= 11 is 0. The molecular formula is C15H24N2O3. The van der Waals surface area contributed by atoms with Crippen molar-refractivity contribution >= 4 is 6.03 Å². The van der Waals surface area contributed by atoms with Gasteiger partial charge in [0, 0.05) is 13.7 Å². The van der Waals surface area contributed by atoms with Gasteiger partial charge in [0.1, 0.15) is 0 Å². The average Bonchev–Trinajstić information content (AvgIpc) is 2.47. The second-order valence-corrected chi connectivity index (χ2v) is 4.68. The number of carbonyl (C=O) groups excluding carboxylic acids is 1. The Kier molecular flexibility index (Phi) is 7.69. The summed E-state index contributed by atoms with van der Waals surface area (Å²) in [6, 6.07) is 9.20. The van der Waals surface area contributed by atoms with Gasteiger partial charge in [0.2, 0.25) is 0 Å². The fourth-order valence-corrected chi connectivity index (χ4v) is 1.86. The molecule has 0 saturated heterocycles. The maximum atomic E-state index is 11.6. The molecule has 0 saturated carbocycles. The average molecular weight is 280 g/mol. The molecule has 0 fully saturated rings. The molecule has 1 rings (SSSR count). The number of amides is 2. The highest BCUT2D eigenvalue weighted by Crippen LogP contribution is 2.14. The first-order chi connectivity index (χ1) is 9.67. The summed E-state index contributed by atoms with van der Waals surface area (Å²) in [6.07, 6.45) is 0.740. The van der Waals surface area contributed by atoms with Gasteiger partial charge in [0.05, 0.1) is 18.8 Å². The predicted octanol–water partition coefficient (Wildman–Crippen LogP) is 1.83. The van der Waals surface area contributed by atoms with Crippen molar-refractivity contribution in [2.45, 2.75) is 31.9 Å². The zero-order valence-corrected chi connectivity index (χ0v) is 12.1. The Balaban J connectivity index is 2.24. The highest BCUT2D eigenvalue weighted by Gasteiger charge is 2.11. The molecule has 5 heteroatoms. The standard InChI is InChI=1S/C15H24N2O3/c1-3-13(11-20-2)17-15(19)16-10-9-14(18)12-7-5-4-6-8-12/h4-8,13-14,18H,3,9-11H2,1-2H3,(H2,16,17,19). The van der Waals surface area contributed by atoms with E-state index >= 15 is 0 Å². The summed E-state index contributed by atoms with van der Waals surface area (Å²) in [5.41, 5.74) is 0.862. The van der Waals surface area contributed by atoms with Crippen LogP contribution in [0.2, 0.25) is 0 Å². The van der Waals surface area contributed by atoms with Crippen molar-refractivity contribution in [2.24, 2.45) is 0 Å². The Morgan fingerprint density at radius 3 is 2.65 bits per heavy atom. The third-order valence-corrected chi connectivity index (χ3v) is 3.08. The summed E-state index contributed by atoms with van der Waals surface area (Å²) in [5.74, 6) is 0. The lowest BCUT2D eigenvalue weighted by Gasteiger charge is -2.17. The van der Waals surface area contributed by atoms with E-state index in [0.717, 1.165) is 12.0 Å². The monoisotopic (exact) mass is 280 g/mol. The number of nitrogens with one attached hydrogen (secondary N) is 2. The molecule has 2 unspecified atom stereocenters. The van der Waals surface area contributed by atoms with Crippen molar-refractivity contribution in [3.63, 3.8) is 0 Å². The van der Waals surface area contributed by atoms with Gasteiger partial charge in [0.15, 0.2) is 0 Å². The van der Waals surface area contributed by atoms with Crippen molar-refractivity contribution in [2.75, 3.05) is 20.3 Å². The lowest BCUT2D eigenvalue weighted by molar-refractivity contribution is 0.159. The molecule has 20 heavy (non-hydrogen) atoms. The van der Waals surface area contributed by atoms with Crippen LogP contribution in [0.1, 0.15) is 31.4 Å². The molecule has 2 amide bonds. The van der Waals surface area contributed by atoms with E-state index in [9.17, 15) is 9.90 Å². The van der Waals surface area contributed by atoms with Crippen molar-refractivity contribution in [3.8, 4) is 0 Å². The van der Waals surface area contributed by atoms with E-state index in [-0.39, 0.29) is 12.1 Å². The molecule has 0 aromatic heterocycles. The molecule has 0 aliphatic heterocycles. The number of ether oxygens (including phenoxy) is 1. The van der Waals surface area contributed by atoms with E-state index in [0.29, 0.717) is 19.6 Å². The van der Waals surface area contributed by atoms with Crippen molar-refractivity contribution < 1.29 is 14.6 Å². The maximum Gasteiger partial charge on any atom is 0.315 e. The first-order valence-electron chi connectivity index (χ1n) is 6.93. The maximum absolute atomic E-state index is 11.6. The zero-order valence-electron chi connectivity index (χ0n) is 12.1. The molecule has 3 N–H and O–H groups in total. The molecule has 0 aliphatic carbocycles. The van der Waals surface area contributed by atoms with Crippen molar-refractivity contribution in [3.05, 3.63) is 35.9 Å². The Bertz CT molecular complexity index is 384. The van der Waals surface area contributed by atoms with Crippen LogP contribution in [-0.4, -0.2) is 37.4 Å². The first-order valence-corrected chi connectivity index (χ1v) is 6.93. The SMILES string of the molecule is CCC(COC)NC(=O)NCCC(O)c1ccccc1. The lowest BCUT2D eigenvalue weighted by atomic mass is 10.1. The number of methoxy groups -OCH3 is 1. The third-order valence-electron chi connectivity index (χ3n) is 3.08. The molecule has 0 bridgehead atoms. The molecule has 0 spiro atoms. The Morgan fingerprint density at radius 1 is 1.35 bits per heavy atom. The van der Waals surface area contributed by atoms with Crippen molar-refractivity contribution in [1.29, 1.82) is 0 Å². The van der Waals surface area contributed by atoms with Gasteiger partial charge in [0.25, 0.3) is 0 Å². The topological polar surface area (TPSA) is 70.6 Å². The molecule has 0 heterocycles. The molecule has 5 nitrogen and oxygen atoms in total. The van der Waals surface area contributed by atoms with Gasteiger partial charge in [-0.2, -0.15) is 0 Å². The number of hydrogen-bond acceptors (Lipinski definition) is 3. The minimum Gasteiger partial charge on any atom is -0.388 e. The molecule has 0 aliphatic rings. The Morgan fingerprint density at radius 2 is 2.05 bits per heavy atom. The summed E-state index contributed by atoms with van der Waals surface area (Å²) in [6.45, 7) is 2.91. The molecule has 112 valence electrons. The highest BCUT2D eigenvalue weighted by molar-refractivity contribution is 5.74. The molecule has 1 aromatic rings. The van der Waals surface area contributed by atoms with Crippen LogP contribution in [0.25, 0.3) is 0 Å². The number of hydrogen-bond donors (Lipinski definition) is 3. The van der Waals surface area contributed by atoms with Crippen LogP contribution in [-0.2, 0) is 4.74 Å². The third kappa shape index (κ3) is 6.04. The quantitative estimate of drug-likeness (QED) is 0.680. The van der Waals surface area contributed by atoms with E-state index < -0.39 is 6.10 Å². The van der Waals surface area contributed by atoms with Gasteiger partial charge in [-0.15, -0.1) is 0 Å². The summed E-state index contributed by atoms with van der Waals surface area (Å²) in [7, 11) is 1.61. The summed E-state index contributed by atoms with van der Waals surface area (Å²) in [4.78, 5) is 11.6. The van der Waals surface area contributed by atoms with Gasteiger partial charge in [-0.1, -0.05) is 37.3 Å². The zero-order chi connectivity index (χ0) is 14.8. The van der Waals surface area contributed by atoms with Crippen LogP contribution >= 0.6 is 0 Å². The second kappa shape index (κ2) is 9.34. The minimum atomic E-state index is -0.558. The van der Waals surface area contributed by atoms with Crippen molar-refractivity contribution in [1.82, 2.24) is 10.6 Å². The largest absolute Gasteiger partial charge is 0.388 e. The number of urea groups is 1. The first kappa shape index (κ1) is 16.5. The van der Waals surface area contributed by atoms with Gasteiger partial charge < -0.3 is 20.5 Å². The number of aliphatic hydroxyl groups excluding tert-OH is 1.